The standard InChI is InChI=1S/C17H22ClN3/c18-15-10-6-11-16(17(15)21-13-7-12-19-21)20-14-8-4-2-1-3-5-9-14/h6-7,10-14,20H,1-5,8-9H2. The molecular formula is C17H22ClN3. The Balaban J connectivity index is 1.83. The first-order valence-corrected chi connectivity index (χ1v) is 8.27. The van der Waals surface area contributed by atoms with E-state index in [1.54, 1.807) is 6.20 Å². The number of benzene rings is 1. The molecule has 0 atom stereocenters. The number of nitrogens with zero attached hydrogens (tertiary/aromatic N) is 2. The van der Waals surface area contributed by atoms with E-state index in [2.05, 4.69) is 16.5 Å². The smallest absolute Gasteiger partial charge is 0.106 e. The van der Waals surface area contributed by atoms with E-state index in [1.165, 1.54) is 44.9 Å². The van der Waals surface area contributed by atoms with Gasteiger partial charge in [-0.1, -0.05) is 49.8 Å². The molecule has 1 saturated carbocycles. The Morgan fingerprint density at radius 2 is 1.81 bits per heavy atom. The molecule has 21 heavy (non-hydrogen) atoms. The molecule has 0 radical (unpaired) electrons. The summed E-state index contributed by atoms with van der Waals surface area (Å²) in [5.41, 5.74) is 2.03. The molecule has 3 rings (SSSR count). The van der Waals surface area contributed by atoms with E-state index in [0.29, 0.717) is 6.04 Å². The highest BCUT2D eigenvalue weighted by Gasteiger charge is 2.15. The van der Waals surface area contributed by atoms with Crippen LogP contribution in [-0.4, -0.2) is 15.8 Å². The summed E-state index contributed by atoms with van der Waals surface area (Å²) < 4.78 is 1.84. The summed E-state index contributed by atoms with van der Waals surface area (Å²) in [6.07, 6.45) is 12.9. The zero-order valence-corrected chi connectivity index (χ0v) is 13.0. The van der Waals surface area contributed by atoms with E-state index in [4.69, 9.17) is 11.6 Å². The van der Waals surface area contributed by atoms with Crippen LogP contribution < -0.4 is 5.32 Å². The van der Waals surface area contributed by atoms with E-state index >= 15 is 0 Å². The summed E-state index contributed by atoms with van der Waals surface area (Å²) in [5.74, 6) is 0. The molecule has 0 unspecified atom stereocenters. The summed E-state index contributed by atoms with van der Waals surface area (Å²) in [6, 6.07) is 8.48. The quantitative estimate of drug-likeness (QED) is 0.860. The number of hydrogen-bond acceptors (Lipinski definition) is 2. The van der Waals surface area contributed by atoms with Gasteiger partial charge in [0.15, 0.2) is 0 Å². The van der Waals surface area contributed by atoms with Gasteiger partial charge in [-0.25, -0.2) is 4.68 Å². The monoisotopic (exact) mass is 303 g/mol. The lowest BCUT2D eigenvalue weighted by molar-refractivity contribution is 0.471. The highest BCUT2D eigenvalue weighted by Crippen LogP contribution is 2.30. The van der Waals surface area contributed by atoms with Gasteiger partial charge in [0.1, 0.15) is 5.69 Å². The molecule has 3 nitrogen and oxygen atoms in total. The fourth-order valence-electron chi connectivity index (χ4n) is 3.09. The molecule has 0 saturated heterocycles. The van der Waals surface area contributed by atoms with Gasteiger partial charge < -0.3 is 5.32 Å². The van der Waals surface area contributed by atoms with Crippen LogP contribution in [0.3, 0.4) is 0 Å². The number of hydrogen-bond donors (Lipinski definition) is 1. The Hall–Kier alpha value is -1.48. The van der Waals surface area contributed by atoms with E-state index in [-0.39, 0.29) is 0 Å². The third-order valence-corrected chi connectivity index (χ3v) is 4.49. The molecular weight excluding hydrogens is 282 g/mol. The van der Waals surface area contributed by atoms with Gasteiger partial charge >= 0.3 is 0 Å². The van der Waals surface area contributed by atoms with E-state index in [1.807, 2.05) is 29.1 Å². The van der Waals surface area contributed by atoms with Crippen molar-refractivity contribution in [2.24, 2.45) is 0 Å². The summed E-state index contributed by atoms with van der Waals surface area (Å²) in [6.45, 7) is 0. The molecule has 1 aromatic carbocycles. The lowest BCUT2D eigenvalue weighted by Crippen LogP contribution is -2.21. The van der Waals surface area contributed by atoms with Crippen molar-refractivity contribution in [3.05, 3.63) is 41.7 Å². The van der Waals surface area contributed by atoms with Crippen molar-refractivity contribution in [2.75, 3.05) is 5.32 Å². The van der Waals surface area contributed by atoms with E-state index in [0.717, 1.165) is 16.4 Å². The van der Waals surface area contributed by atoms with Gasteiger partial charge in [-0.2, -0.15) is 5.10 Å². The molecule has 4 heteroatoms. The van der Waals surface area contributed by atoms with Crippen LogP contribution in [-0.2, 0) is 0 Å². The molecule has 0 aliphatic heterocycles. The molecule has 1 fully saturated rings. The number of aromatic nitrogens is 2. The lowest BCUT2D eigenvalue weighted by Gasteiger charge is -2.24. The predicted octanol–water partition coefficient (Wildman–Crippen LogP) is 5.05. The molecule has 0 amide bonds. The Bertz CT molecular complexity index is 557. The van der Waals surface area contributed by atoms with Gasteiger partial charge in [-0.15, -0.1) is 0 Å². The Labute approximate surface area is 131 Å². The maximum Gasteiger partial charge on any atom is 0.106 e. The first kappa shape index (κ1) is 14.5. The molecule has 0 bridgehead atoms. The topological polar surface area (TPSA) is 29.9 Å². The second-order valence-electron chi connectivity index (χ2n) is 5.77. The van der Waals surface area contributed by atoms with Crippen LogP contribution in [0.25, 0.3) is 5.69 Å². The van der Waals surface area contributed by atoms with Gasteiger partial charge in [0.2, 0.25) is 0 Å². The molecule has 1 N–H and O–H groups in total. The molecule has 1 aromatic heterocycles. The van der Waals surface area contributed by atoms with Crippen LogP contribution >= 0.6 is 11.6 Å². The minimum Gasteiger partial charge on any atom is -0.381 e. The second kappa shape index (κ2) is 6.99. The molecule has 2 aromatic rings. The van der Waals surface area contributed by atoms with Crippen molar-refractivity contribution in [3.63, 3.8) is 0 Å². The van der Waals surface area contributed by atoms with Crippen molar-refractivity contribution in [2.45, 2.75) is 51.0 Å². The van der Waals surface area contributed by atoms with Crippen LogP contribution in [0.1, 0.15) is 44.9 Å². The Kier molecular flexibility index (Phi) is 4.81. The number of rotatable bonds is 3. The van der Waals surface area contributed by atoms with Crippen LogP contribution in [0, 0.1) is 0 Å². The summed E-state index contributed by atoms with van der Waals surface area (Å²) in [5, 5.41) is 8.76. The van der Waals surface area contributed by atoms with Gasteiger partial charge in [-0.3, -0.25) is 0 Å². The minimum absolute atomic E-state index is 0.540. The van der Waals surface area contributed by atoms with Crippen LogP contribution in [0.5, 0.6) is 0 Å². The normalized spacial score (nSPS) is 17.2. The summed E-state index contributed by atoms with van der Waals surface area (Å²) >= 11 is 6.40. The molecule has 112 valence electrons. The van der Waals surface area contributed by atoms with Gasteiger partial charge in [0.25, 0.3) is 0 Å². The zero-order chi connectivity index (χ0) is 14.5. The number of para-hydroxylation sites is 1. The van der Waals surface area contributed by atoms with Crippen molar-refractivity contribution >= 4 is 17.3 Å². The number of nitrogens with one attached hydrogen (secondary N) is 1. The van der Waals surface area contributed by atoms with E-state index < -0.39 is 0 Å². The van der Waals surface area contributed by atoms with Gasteiger partial charge in [0.05, 0.1) is 10.7 Å². The van der Waals surface area contributed by atoms with Crippen molar-refractivity contribution in [1.82, 2.24) is 9.78 Å². The average Bonchev–Trinajstić information content (AvgIpc) is 2.95. The first-order valence-electron chi connectivity index (χ1n) is 7.89. The molecule has 1 heterocycles. The lowest BCUT2D eigenvalue weighted by atomic mass is 9.96. The highest BCUT2D eigenvalue weighted by molar-refractivity contribution is 6.33. The Morgan fingerprint density at radius 3 is 2.52 bits per heavy atom. The second-order valence-corrected chi connectivity index (χ2v) is 6.18. The van der Waals surface area contributed by atoms with Gasteiger partial charge in [-0.05, 0) is 31.0 Å². The largest absolute Gasteiger partial charge is 0.381 e. The minimum atomic E-state index is 0.540. The summed E-state index contributed by atoms with van der Waals surface area (Å²) in [4.78, 5) is 0. The van der Waals surface area contributed by atoms with Crippen molar-refractivity contribution in [3.8, 4) is 5.69 Å². The van der Waals surface area contributed by atoms with Crippen molar-refractivity contribution < 1.29 is 0 Å². The third-order valence-electron chi connectivity index (χ3n) is 4.19. The molecule has 0 spiro atoms. The van der Waals surface area contributed by atoms with Crippen molar-refractivity contribution in [1.29, 1.82) is 0 Å². The summed E-state index contributed by atoms with van der Waals surface area (Å²) in [7, 11) is 0. The SMILES string of the molecule is Clc1cccc(NC2CCCCCCC2)c1-n1cccn1. The molecule has 1 aliphatic rings. The zero-order valence-electron chi connectivity index (χ0n) is 12.3. The maximum atomic E-state index is 6.40. The molecule has 1 aliphatic carbocycles. The maximum absolute atomic E-state index is 6.40. The van der Waals surface area contributed by atoms with Gasteiger partial charge in [0, 0.05) is 18.4 Å². The highest BCUT2D eigenvalue weighted by atomic mass is 35.5. The van der Waals surface area contributed by atoms with Crippen LogP contribution in [0.4, 0.5) is 5.69 Å². The third kappa shape index (κ3) is 3.59. The Morgan fingerprint density at radius 1 is 1.05 bits per heavy atom. The number of anilines is 1. The number of halogens is 1. The van der Waals surface area contributed by atoms with E-state index in [9.17, 15) is 0 Å². The fraction of sp³-hybridized carbons (Fsp3) is 0.471. The average molecular weight is 304 g/mol. The van der Waals surface area contributed by atoms with Crippen LogP contribution in [0.2, 0.25) is 5.02 Å². The first-order chi connectivity index (χ1) is 10.3. The fourth-order valence-corrected chi connectivity index (χ4v) is 3.35. The predicted molar refractivity (Wildman–Crippen MR) is 88.3 cm³/mol. The van der Waals surface area contributed by atoms with Crippen LogP contribution in [0.15, 0.2) is 36.7 Å².